The molecule has 3 heterocycles. The minimum absolute atomic E-state index is 0.0107. The van der Waals surface area contributed by atoms with Crippen molar-refractivity contribution in [2.24, 2.45) is 0 Å². The number of aromatic amines is 1. The Morgan fingerprint density at radius 1 is 1.00 bits per heavy atom. The van der Waals surface area contributed by atoms with Gasteiger partial charge in [-0.15, -0.1) is 0 Å². The fourth-order valence-electron chi connectivity index (χ4n) is 6.21. The van der Waals surface area contributed by atoms with E-state index in [9.17, 15) is 14.7 Å². The van der Waals surface area contributed by atoms with E-state index in [1.165, 1.54) is 0 Å². The number of aromatic hydroxyl groups is 1. The Morgan fingerprint density at radius 2 is 1.81 bits per heavy atom. The van der Waals surface area contributed by atoms with E-state index in [4.69, 9.17) is 9.97 Å². The van der Waals surface area contributed by atoms with Gasteiger partial charge in [0.2, 0.25) is 0 Å². The van der Waals surface area contributed by atoms with Gasteiger partial charge in [-0.05, 0) is 74.4 Å². The SMILES string of the molecule is CCC(=O)c1c(C2CCC=C(C(=O)c3ccc(C)cc3O)CC2)nc2c(-c3ccc(-c4ccccc4)nc3)c[nH]c2c1C. The van der Waals surface area contributed by atoms with Gasteiger partial charge in [-0.2, -0.15) is 0 Å². The first-order valence-electron chi connectivity index (χ1n) is 15.0. The number of hydrogen-bond acceptors (Lipinski definition) is 5. The number of rotatable bonds is 7. The molecule has 0 saturated heterocycles. The van der Waals surface area contributed by atoms with E-state index in [1.54, 1.807) is 12.1 Å². The van der Waals surface area contributed by atoms with E-state index >= 15 is 0 Å². The summed E-state index contributed by atoms with van der Waals surface area (Å²) in [5.74, 6) is -0.0355. The van der Waals surface area contributed by atoms with Crippen LogP contribution in [0.25, 0.3) is 33.4 Å². The van der Waals surface area contributed by atoms with Gasteiger partial charge in [0, 0.05) is 47.0 Å². The van der Waals surface area contributed by atoms with Crippen LogP contribution in [0.1, 0.15) is 82.5 Å². The van der Waals surface area contributed by atoms with E-state index in [-0.39, 0.29) is 23.2 Å². The second-order valence-corrected chi connectivity index (χ2v) is 11.4. The normalized spacial score (nSPS) is 15.2. The number of H-pyrrole nitrogens is 1. The van der Waals surface area contributed by atoms with Crippen molar-refractivity contribution in [3.05, 3.63) is 113 Å². The molecule has 43 heavy (non-hydrogen) atoms. The Balaban J connectivity index is 1.35. The predicted octanol–water partition coefficient (Wildman–Crippen LogP) is 8.67. The summed E-state index contributed by atoms with van der Waals surface area (Å²) in [4.78, 5) is 40.0. The number of nitrogens with one attached hydrogen (secondary N) is 1. The van der Waals surface area contributed by atoms with Gasteiger partial charge in [0.05, 0.1) is 28.0 Å². The number of fused-ring (bicyclic) bond motifs is 1. The summed E-state index contributed by atoms with van der Waals surface area (Å²) in [6.45, 7) is 5.77. The number of allylic oxidation sites excluding steroid dienone is 2. The molecule has 1 aliphatic rings. The van der Waals surface area contributed by atoms with E-state index in [2.05, 4.69) is 11.1 Å². The van der Waals surface area contributed by atoms with Crippen molar-refractivity contribution in [3.8, 4) is 28.1 Å². The fraction of sp³-hybridized carbons (Fsp3) is 0.243. The third-order valence-electron chi connectivity index (χ3n) is 8.58. The highest BCUT2D eigenvalue weighted by Crippen LogP contribution is 2.39. The number of benzene rings is 2. The molecule has 0 fully saturated rings. The molecule has 5 aromatic rings. The molecular formula is C37H35N3O3. The van der Waals surface area contributed by atoms with E-state index in [0.29, 0.717) is 42.4 Å². The molecule has 0 amide bonds. The summed E-state index contributed by atoms with van der Waals surface area (Å²) < 4.78 is 0. The molecule has 3 aromatic heterocycles. The standard InChI is InChI=1S/C37H35N3O3/c1-4-31(41)33-23(3)34-36(29(21-39-34)27-16-18-30(38-20-27)24-9-6-5-7-10-24)40-35(33)25-11-8-12-26(15-14-25)37(43)28-17-13-22(2)19-32(28)42/h5-7,9-10,12-13,16-21,25,39,42H,4,8,11,14-15H2,1-3H3. The van der Waals surface area contributed by atoms with Crippen molar-refractivity contribution < 1.29 is 14.7 Å². The van der Waals surface area contributed by atoms with Crippen molar-refractivity contribution >= 4 is 22.6 Å². The largest absolute Gasteiger partial charge is 0.507 e. The molecule has 2 N–H and O–H groups in total. The second-order valence-electron chi connectivity index (χ2n) is 11.4. The summed E-state index contributed by atoms with van der Waals surface area (Å²) in [6.07, 6.45) is 8.94. The molecule has 0 radical (unpaired) electrons. The number of Topliss-reactive ketones (excluding diaryl/α,β-unsaturated/α-hetero) is 2. The van der Waals surface area contributed by atoms with Crippen LogP contribution in [0, 0.1) is 13.8 Å². The number of phenols is 1. The number of aryl methyl sites for hydroxylation is 2. The number of hydrogen-bond donors (Lipinski definition) is 2. The van der Waals surface area contributed by atoms with Crippen LogP contribution in [-0.2, 0) is 0 Å². The molecule has 0 aliphatic heterocycles. The van der Waals surface area contributed by atoms with Crippen molar-refractivity contribution in [1.29, 1.82) is 0 Å². The van der Waals surface area contributed by atoms with Crippen LogP contribution in [0.3, 0.4) is 0 Å². The zero-order valence-corrected chi connectivity index (χ0v) is 24.8. The van der Waals surface area contributed by atoms with Crippen LogP contribution >= 0.6 is 0 Å². The Morgan fingerprint density at radius 3 is 2.53 bits per heavy atom. The second kappa shape index (κ2) is 11.8. The quantitative estimate of drug-likeness (QED) is 0.191. The molecule has 2 aromatic carbocycles. The first-order valence-corrected chi connectivity index (χ1v) is 15.0. The van der Waals surface area contributed by atoms with Gasteiger partial charge < -0.3 is 10.1 Å². The third-order valence-corrected chi connectivity index (χ3v) is 8.58. The first kappa shape index (κ1) is 28.3. The smallest absolute Gasteiger partial charge is 0.192 e. The number of carbonyl (C=O) groups is 2. The molecule has 6 rings (SSSR count). The maximum Gasteiger partial charge on any atom is 0.192 e. The maximum absolute atomic E-state index is 13.4. The molecule has 216 valence electrons. The molecule has 1 unspecified atom stereocenters. The van der Waals surface area contributed by atoms with E-state index in [0.717, 1.165) is 56.7 Å². The van der Waals surface area contributed by atoms with Crippen molar-refractivity contribution in [1.82, 2.24) is 15.0 Å². The molecular weight excluding hydrogens is 534 g/mol. The van der Waals surface area contributed by atoms with E-state index < -0.39 is 0 Å². The Kier molecular flexibility index (Phi) is 7.76. The summed E-state index contributed by atoms with van der Waals surface area (Å²) in [5.41, 5.74) is 9.89. The molecule has 1 aliphatic carbocycles. The number of phenolic OH excluding ortho intramolecular Hbond substituents is 1. The van der Waals surface area contributed by atoms with Crippen LogP contribution in [0.2, 0.25) is 0 Å². The first-order chi connectivity index (χ1) is 20.9. The molecule has 0 bridgehead atoms. The van der Waals surface area contributed by atoms with Crippen molar-refractivity contribution in [3.63, 3.8) is 0 Å². The molecule has 0 saturated carbocycles. The van der Waals surface area contributed by atoms with Gasteiger partial charge >= 0.3 is 0 Å². The Bertz CT molecular complexity index is 1870. The zero-order chi connectivity index (χ0) is 30.1. The minimum Gasteiger partial charge on any atom is -0.507 e. The third kappa shape index (κ3) is 5.41. The van der Waals surface area contributed by atoms with E-state index in [1.807, 2.05) is 81.7 Å². The lowest BCUT2D eigenvalue weighted by molar-refractivity contribution is 0.0983. The topological polar surface area (TPSA) is 95.9 Å². The summed E-state index contributed by atoms with van der Waals surface area (Å²) >= 11 is 0. The van der Waals surface area contributed by atoms with Crippen LogP contribution in [0.4, 0.5) is 0 Å². The van der Waals surface area contributed by atoms with Gasteiger partial charge in [-0.3, -0.25) is 14.6 Å². The number of pyridine rings is 2. The number of aromatic nitrogens is 3. The highest BCUT2D eigenvalue weighted by Gasteiger charge is 2.28. The maximum atomic E-state index is 13.4. The number of nitrogens with zero attached hydrogens (tertiary/aromatic N) is 2. The van der Waals surface area contributed by atoms with Crippen molar-refractivity contribution in [2.45, 2.75) is 58.8 Å². The van der Waals surface area contributed by atoms with Gasteiger partial charge in [0.15, 0.2) is 11.6 Å². The average molecular weight is 570 g/mol. The lowest BCUT2D eigenvalue weighted by atomic mass is 9.87. The lowest BCUT2D eigenvalue weighted by Crippen LogP contribution is -2.13. The van der Waals surface area contributed by atoms with Gasteiger partial charge in [-0.25, -0.2) is 4.98 Å². The van der Waals surface area contributed by atoms with Gasteiger partial charge in [0.25, 0.3) is 0 Å². The van der Waals surface area contributed by atoms with Gasteiger partial charge in [-0.1, -0.05) is 55.5 Å². The Hall–Kier alpha value is -4.84. The molecule has 0 spiro atoms. The number of ketones is 2. The minimum atomic E-state index is -0.137. The van der Waals surface area contributed by atoms with Crippen molar-refractivity contribution in [2.75, 3.05) is 0 Å². The molecule has 6 nitrogen and oxygen atoms in total. The van der Waals surface area contributed by atoms with Crippen LogP contribution in [-0.4, -0.2) is 31.6 Å². The summed E-state index contributed by atoms with van der Waals surface area (Å²) in [6, 6.07) is 19.3. The molecule has 1 atom stereocenters. The fourth-order valence-corrected chi connectivity index (χ4v) is 6.21. The summed E-state index contributed by atoms with van der Waals surface area (Å²) in [7, 11) is 0. The van der Waals surface area contributed by atoms with Crippen LogP contribution in [0.5, 0.6) is 5.75 Å². The monoisotopic (exact) mass is 569 g/mol. The predicted molar refractivity (Wildman–Crippen MR) is 171 cm³/mol. The highest BCUT2D eigenvalue weighted by atomic mass is 16.3. The Labute approximate surface area is 251 Å². The average Bonchev–Trinajstić information content (AvgIpc) is 3.30. The van der Waals surface area contributed by atoms with Crippen LogP contribution in [0.15, 0.2) is 84.7 Å². The zero-order valence-electron chi connectivity index (χ0n) is 24.8. The van der Waals surface area contributed by atoms with Gasteiger partial charge in [0.1, 0.15) is 5.75 Å². The molecule has 6 heteroatoms. The highest BCUT2D eigenvalue weighted by molar-refractivity contribution is 6.10. The van der Waals surface area contributed by atoms with Crippen LogP contribution < -0.4 is 0 Å². The summed E-state index contributed by atoms with van der Waals surface area (Å²) in [5, 5.41) is 10.4. The number of carbonyl (C=O) groups excluding carboxylic acids is 2. The lowest BCUT2D eigenvalue weighted by Gasteiger charge is -2.20.